The van der Waals surface area contributed by atoms with Gasteiger partial charge in [-0.15, -0.1) is 0 Å². The van der Waals surface area contributed by atoms with Crippen LogP contribution in [0.3, 0.4) is 0 Å². The lowest BCUT2D eigenvalue weighted by atomic mass is 10.2. The highest BCUT2D eigenvalue weighted by atomic mass is 32.2. The maximum absolute atomic E-state index is 11.9. The summed E-state index contributed by atoms with van der Waals surface area (Å²) < 4.78 is 33.9. The van der Waals surface area contributed by atoms with Crippen LogP contribution in [0.2, 0.25) is 0 Å². The monoisotopic (exact) mass is 328 g/mol. The minimum absolute atomic E-state index is 0.0777. The number of carbonyl (C=O) groups is 1. The first kappa shape index (κ1) is 17.3. The average Bonchev–Trinajstić information content (AvgIpc) is 2.43. The average molecular weight is 328 g/mol. The lowest BCUT2D eigenvalue weighted by Crippen LogP contribution is -2.31. The minimum Gasteiger partial charge on any atom is -0.325 e. The number of hydrogen-bond donors (Lipinski definition) is 1. The lowest BCUT2D eigenvalue weighted by molar-refractivity contribution is -0.115. The van der Waals surface area contributed by atoms with Gasteiger partial charge in [0.15, 0.2) is 0 Å². The zero-order chi connectivity index (χ0) is 16.0. The third-order valence-electron chi connectivity index (χ3n) is 2.68. The number of hydrogen-bond acceptors (Lipinski definition) is 5. The Labute approximate surface area is 126 Å². The van der Waals surface area contributed by atoms with Crippen LogP contribution in [0, 0.1) is 11.3 Å². The molecule has 0 aliphatic carbocycles. The molecule has 21 heavy (non-hydrogen) atoms. The quantitative estimate of drug-likeness (QED) is 0.827. The topological polar surface area (TPSA) is 104 Å². The van der Waals surface area contributed by atoms with Gasteiger partial charge in [-0.1, -0.05) is 6.07 Å². The van der Waals surface area contributed by atoms with E-state index in [1.807, 2.05) is 6.07 Å². The summed E-state index contributed by atoms with van der Waals surface area (Å²) in [5, 5.41) is 10.5. The van der Waals surface area contributed by atoms with E-state index in [-0.39, 0.29) is 11.5 Å². The Hall–Kier alpha value is -1.72. The van der Waals surface area contributed by atoms with Crippen molar-refractivity contribution < 1.29 is 17.4 Å². The Morgan fingerprint density at radius 2 is 2.14 bits per heavy atom. The van der Waals surface area contributed by atoms with E-state index in [0.29, 0.717) is 11.3 Å². The van der Waals surface area contributed by atoms with Crippen LogP contribution in [0.5, 0.6) is 0 Å². The number of nitrogens with one attached hydrogen (secondary N) is 1. The highest BCUT2D eigenvalue weighted by Crippen LogP contribution is 2.11. The van der Waals surface area contributed by atoms with E-state index < -0.39 is 31.8 Å². The lowest BCUT2D eigenvalue weighted by Gasteiger charge is -2.12. The molecule has 0 heterocycles. The summed E-state index contributed by atoms with van der Waals surface area (Å²) in [7, 11) is -4.79. The number of rotatable bonds is 6. The van der Waals surface area contributed by atoms with Crippen LogP contribution >= 0.6 is 0 Å². The predicted octanol–water partition coefficient (Wildman–Crippen LogP) is 0.679. The summed E-state index contributed by atoms with van der Waals surface area (Å²) in [6, 6.07) is 8.30. The fourth-order valence-corrected chi connectivity index (χ4v) is 3.96. The fourth-order valence-electron chi connectivity index (χ4n) is 1.44. The highest BCUT2D eigenvalue weighted by Gasteiger charge is 2.21. The van der Waals surface area contributed by atoms with E-state index >= 15 is 0 Å². The number of anilines is 1. The van der Waals surface area contributed by atoms with Crippen molar-refractivity contribution in [3.05, 3.63) is 29.8 Å². The molecule has 1 N–H and O–H groups in total. The third kappa shape index (κ3) is 6.06. The molecule has 6 nitrogen and oxygen atoms in total. The van der Waals surface area contributed by atoms with Gasteiger partial charge in [-0.3, -0.25) is 9.00 Å². The molecule has 1 aromatic carbocycles. The molecule has 1 rings (SSSR count). The Bertz CT molecular complexity index is 692. The molecule has 2 unspecified atom stereocenters. The summed E-state index contributed by atoms with van der Waals surface area (Å²) in [5.74, 6) is -0.774. The molecule has 114 valence electrons. The summed E-state index contributed by atoms with van der Waals surface area (Å²) in [5.41, 5.74) is 0.838. The molecule has 1 amide bonds. The highest BCUT2D eigenvalue weighted by molar-refractivity contribution is 7.92. The predicted molar refractivity (Wildman–Crippen MR) is 82.0 cm³/mol. The maximum Gasteiger partial charge on any atom is 0.239 e. The van der Waals surface area contributed by atoms with Crippen molar-refractivity contribution in [1.82, 2.24) is 0 Å². The molecule has 0 aromatic heterocycles. The van der Waals surface area contributed by atoms with Gasteiger partial charge in [0.2, 0.25) is 5.91 Å². The molecular formula is C13H16N2O4S2. The Morgan fingerprint density at radius 1 is 1.48 bits per heavy atom. The number of benzene rings is 1. The maximum atomic E-state index is 11.9. The van der Waals surface area contributed by atoms with E-state index in [1.165, 1.54) is 13.0 Å². The molecule has 0 spiro atoms. The van der Waals surface area contributed by atoms with Gasteiger partial charge in [0.1, 0.15) is 15.1 Å². The Morgan fingerprint density at radius 3 is 2.71 bits per heavy atom. The Balaban J connectivity index is 2.66. The van der Waals surface area contributed by atoms with Crippen LogP contribution in [-0.4, -0.2) is 41.5 Å². The van der Waals surface area contributed by atoms with Crippen LogP contribution in [0.1, 0.15) is 12.5 Å². The van der Waals surface area contributed by atoms with E-state index in [9.17, 15) is 17.4 Å². The smallest absolute Gasteiger partial charge is 0.239 e. The number of nitrogens with zero attached hydrogens (tertiary/aromatic N) is 1. The molecule has 0 bridgehead atoms. The van der Waals surface area contributed by atoms with Crippen LogP contribution in [0.25, 0.3) is 0 Å². The number of nitriles is 1. The molecule has 1 aromatic rings. The second kappa shape index (κ2) is 7.33. The number of sulfone groups is 1. The van der Waals surface area contributed by atoms with Crippen molar-refractivity contribution in [3.8, 4) is 6.07 Å². The molecule has 0 fully saturated rings. The van der Waals surface area contributed by atoms with Gasteiger partial charge in [0.25, 0.3) is 0 Å². The molecular weight excluding hydrogens is 312 g/mol. The summed E-state index contributed by atoms with van der Waals surface area (Å²) in [6.07, 6.45) is 1.06. The number of amides is 1. The molecule has 8 heteroatoms. The van der Waals surface area contributed by atoms with E-state index in [2.05, 4.69) is 5.32 Å². The molecule has 0 saturated heterocycles. The fraction of sp³-hybridized carbons (Fsp3) is 0.385. The summed E-state index contributed by atoms with van der Waals surface area (Å²) >= 11 is 0. The largest absolute Gasteiger partial charge is 0.325 e. The van der Waals surface area contributed by atoms with Crippen molar-refractivity contribution in [2.24, 2.45) is 0 Å². The van der Waals surface area contributed by atoms with Gasteiger partial charge < -0.3 is 5.32 Å². The van der Waals surface area contributed by atoms with Crippen molar-refractivity contribution in [2.45, 2.75) is 12.2 Å². The SMILES string of the molecule is CC(C(=O)Nc1cccc(C#N)c1)S(=O)CCS(C)(=O)=O. The Kier molecular flexibility index (Phi) is 6.05. The van der Waals surface area contributed by atoms with Gasteiger partial charge in [-0.2, -0.15) is 5.26 Å². The zero-order valence-corrected chi connectivity index (χ0v) is 13.3. The minimum atomic E-state index is -3.21. The van der Waals surface area contributed by atoms with E-state index in [4.69, 9.17) is 5.26 Å². The van der Waals surface area contributed by atoms with Crippen LogP contribution in [0.15, 0.2) is 24.3 Å². The van der Waals surface area contributed by atoms with Crippen LogP contribution in [-0.2, 0) is 25.4 Å². The molecule has 2 atom stereocenters. The first-order valence-corrected chi connectivity index (χ1v) is 9.53. The molecule has 0 radical (unpaired) electrons. The van der Waals surface area contributed by atoms with Gasteiger partial charge in [0, 0.05) is 28.5 Å². The zero-order valence-electron chi connectivity index (χ0n) is 11.7. The van der Waals surface area contributed by atoms with Crippen molar-refractivity contribution >= 4 is 32.2 Å². The van der Waals surface area contributed by atoms with Crippen molar-refractivity contribution in [2.75, 3.05) is 23.1 Å². The third-order valence-corrected chi connectivity index (χ3v) is 5.49. The second-order valence-corrected chi connectivity index (χ2v) is 8.68. The van der Waals surface area contributed by atoms with Crippen LogP contribution in [0.4, 0.5) is 5.69 Å². The van der Waals surface area contributed by atoms with Crippen LogP contribution < -0.4 is 5.32 Å². The summed E-state index contributed by atoms with van der Waals surface area (Å²) in [6.45, 7) is 1.47. The van der Waals surface area contributed by atoms with E-state index in [0.717, 1.165) is 6.26 Å². The standard InChI is InChI=1S/C13H16N2O4S2/c1-10(20(17)6-7-21(2,18)19)13(16)15-12-5-3-4-11(8-12)9-14/h3-5,8,10H,6-7H2,1-2H3,(H,15,16). The first-order chi connectivity index (χ1) is 9.73. The van der Waals surface area contributed by atoms with E-state index in [1.54, 1.807) is 18.2 Å². The van der Waals surface area contributed by atoms with Gasteiger partial charge in [-0.05, 0) is 25.1 Å². The molecule has 0 aliphatic rings. The molecule has 0 saturated carbocycles. The van der Waals surface area contributed by atoms with Crippen molar-refractivity contribution in [1.29, 1.82) is 5.26 Å². The van der Waals surface area contributed by atoms with Crippen molar-refractivity contribution in [3.63, 3.8) is 0 Å². The normalized spacial score (nSPS) is 14.0. The number of carbonyl (C=O) groups excluding carboxylic acids is 1. The first-order valence-electron chi connectivity index (χ1n) is 6.09. The van der Waals surface area contributed by atoms with Gasteiger partial charge >= 0.3 is 0 Å². The second-order valence-electron chi connectivity index (χ2n) is 4.54. The van der Waals surface area contributed by atoms with Gasteiger partial charge in [0.05, 0.1) is 17.4 Å². The van der Waals surface area contributed by atoms with Gasteiger partial charge in [-0.25, -0.2) is 8.42 Å². The molecule has 0 aliphatic heterocycles. The summed E-state index contributed by atoms with van der Waals surface area (Å²) in [4.78, 5) is 11.9.